The van der Waals surface area contributed by atoms with Crippen molar-refractivity contribution in [1.29, 1.82) is 0 Å². The summed E-state index contributed by atoms with van der Waals surface area (Å²) in [6, 6.07) is 9.81. The molecule has 0 aromatic heterocycles. The predicted octanol–water partition coefficient (Wildman–Crippen LogP) is 3.55. The summed E-state index contributed by atoms with van der Waals surface area (Å²) in [5, 5.41) is 19.8. The SMILES string of the molecule is Cc1cc(O)c(CN2CCN(CCO)CC2)c2c1C(=O)/C(=C/c1ccc(C(C)C)cc1)O2. The molecule has 0 bridgehead atoms. The fourth-order valence-electron chi connectivity index (χ4n) is 4.40. The molecule has 0 atom stereocenters. The summed E-state index contributed by atoms with van der Waals surface area (Å²) >= 11 is 0. The third kappa shape index (κ3) is 4.58. The molecule has 0 saturated carbocycles. The number of ketones is 1. The number of ether oxygens (including phenoxy) is 1. The molecular weight excluding hydrogens is 404 g/mol. The molecule has 0 amide bonds. The van der Waals surface area contributed by atoms with Gasteiger partial charge in [-0.25, -0.2) is 0 Å². The molecule has 0 aliphatic carbocycles. The van der Waals surface area contributed by atoms with Crippen LogP contribution in [-0.4, -0.2) is 65.1 Å². The Morgan fingerprint density at radius 3 is 2.38 bits per heavy atom. The summed E-state index contributed by atoms with van der Waals surface area (Å²) in [5.41, 5.74) is 4.08. The second kappa shape index (κ2) is 9.45. The quantitative estimate of drug-likeness (QED) is 0.675. The Hall–Kier alpha value is -2.67. The second-order valence-corrected chi connectivity index (χ2v) is 9.00. The Morgan fingerprint density at radius 2 is 1.75 bits per heavy atom. The zero-order valence-electron chi connectivity index (χ0n) is 19.1. The van der Waals surface area contributed by atoms with E-state index in [0.717, 1.165) is 37.3 Å². The van der Waals surface area contributed by atoms with E-state index in [2.05, 4.69) is 35.8 Å². The first-order valence-electron chi connectivity index (χ1n) is 11.3. The van der Waals surface area contributed by atoms with Crippen molar-refractivity contribution < 1.29 is 19.7 Å². The highest BCUT2D eigenvalue weighted by atomic mass is 16.5. The van der Waals surface area contributed by atoms with E-state index in [4.69, 9.17) is 9.84 Å². The smallest absolute Gasteiger partial charge is 0.232 e. The fourth-order valence-corrected chi connectivity index (χ4v) is 4.40. The number of allylic oxidation sites excluding steroid dienone is 1. The number of benzene rings is 2. The Labute approximate surface area is 189 Å². The van der Waals surface area contributed by atoms with Gasteiger partial charge in [0.25, 0.3) is 0 Å². The molecule has 1 fully saturated rings. The number of hydrogen-bond donors (Lipinski definition) is 2. The number of aliphatic hydroxyl groups is 1. The van der Waals surface area contributed by atoms with E-state index in [1.54, 1.807) is 12.1 Å². The van der Waals surface area contributed by atoms with Crippen molar-refractivity contribution in [2.24, 2.45) is 0 Å². The third-order valence-corrected chi connectivity index (χ3v) is 6.38. The number of piperazine rings is 1. The summed E-state index contributed by atoms with van der Waals surface area (Å²) in [6.45, 7) is 10.9. The molecule has 32 heavy (non-hydrogen) atoms. The first-order valence-corrected chi connectivity index (χ1v) is 11.3. The zero-order valence-corrected chi connectivity index (χ0v) is 19.1. The number of β-amino-alcohol motifs (C(OH)–C–C–N with tert-alkyl or cyclic N) is 1. The van der Waals surface area contributed by atoms with Crippen LogP contribution in [0.15, 0.2) is 36.1 Å². The van der Waals surface area contributed by atoms with E-state index in [1.807, 2.05) is 19.1 Å². The second-order valence-electron chi connectivity index (χ2n) is 9.00. The highest BCUT2D eigenvalue weighted by Crippen LogP contribution is 2.42. The lowest BCUT2D eigenvalue weighted by Crippen LogP contribution is -2.46. The molecule has 2 heterocycles. The standard InChI is InChI=1S/C26H32N2O4/c1-17(2)20-6-4-19(5-7-20)15-23-25(31)24-18(3)14-22(30)21(26(24)32-23)16-28-10-8-27(9-11-28)12-13-29/h4-7,14-15,17,29-30H,8-13,16H2,1-3H3/b23-15-. The molecule has 2 N–H and O–H groups in total. The number of phenolic OH excluding ortho intramolecular Hbond substituents is 1. The minimum atomic E-state index is -0.139. The number of hydrogen-bond acceptors (Lipinski definition) is 6. The maximum Gasteiger partial charge on any atom is 0.232 e. The average Bonchev–Trinajstić information content (AvgIpc) is 3.09. The molecule has 4 rings (SSSR count). The number of aliphatic hydroxyl groups excluding tert-OH is 1. The van der Waals surface area contributed by atoms with Crippen molar-refractivity contribution >= 4 is 11.9 Å². The van der Waals surface area contributed by atoms with E-state index in [9.17, 15) is 9.90 Å². The van der Waals surface area contributed by atoms with Crippen LogP contribution in [0.2, 0.25) is 0 Å². The monoisotopic (exact) mass is 436 g/mol. The van der Waals surface area contributed by atoms with Crippen LogP contribution in [0.5, 0.6) is 11.5 Å². The summed E-state index contributed by atoms with van der Waals surface area (Å²) in [6.07, 6.45) is 1.78. The minimum absolute atomic E-state index is 0.139. The summed E-state index contributed by atoms with van der Waals surface area (Å²) in [4.78, 5) is 17.6. The summed E-state index contributed by atoms with van der Waals surface area (Å²) < 4.78 is 6.08. The summed E-state index contributed by atoms with van der Waals surface area (Å²) in [5.74, 6) is 1.24. The Balaban J connectivity index is 1.57. The third-order valence-electron chi connectivity index (χ3n) is 6.38. The van der Waals surface area contributed by atoms with Gasteiger partial charge in [0, 0.05) is 39.3 Å². The van der Waals surface area contributed by atoms with Gasteiger partial charge < -0.3 is 14.9 Å². The lowest BCUT2D eigenvalue weighted by Gasteiger charge is -2.34. The molecule has 6 heteroatoms. The first kappa shape index (κ1) is 22.5. The van der Waals surface area contributed by atoms with Gasteiger partial charge in [-0.05, 0) is 41.7 Å². The van der Waals surface area contributed by atoms with E-state index in [-0.39, 0.29) is 18.1 Å². The van der Waals surface area contributed by atoms with Crippen LogP contribution in [-0.2, 0) is 6.54 Å². The number of Topliss-reactive ketones (excluding diaryl/α,β-unsaturated/α-hetero) is 1. The molecule has 1 saturated heterocycles. The normalized spacial score (nSPS) is 18.4. The largest absolute Gasteiger partial charge is 0.507 e. The summed E-state index contributed by atoms with van der Waals surface area (Å²) in [7, 11) is 0. The van der Waals surface area contributed by atoms with Crippen LogP contribution in [0.1, 0.15) is 52.4 Å². The van der Waals surface area contributed by atoms with Crippen molar-refractivity contribution in [3.05, 3.63) is 63.9 Å². The molecular formula is C26H32N2O4. The molecule has 2 aliphatic rings. The Morgan fingerprint density at radius 1 is 1.09 bits per heavy atom. The van der Waals surface area contributed by atoms with E-state index in [1.165, 1.54) is 5.56 Å². The maximum absolute atomic E-state index is 13.1. The van der Waals surface area contributed by atoms with Gasteiger partial charge >= 0.3 is 0 Å². The lowest BCUT2D eigenvalue weighted by atomic mass is 9.98. The number of nitrogens with zero attached hydrogens (tertiary/aromatic N) is 2. The highest BCUT2D eigenvalue weighted by Gasteiger charge is 2.34. The van der Waals surface area contributed by atoms with Crippen molar-refractivity contribution in [2.45, 2.75) is 33.2 Å². The molecule has 2 aliphatic heterocycles. The van der Waals surface area contributed by atoms with Crippen molar-refractivity contribution in [2.75, 3.05) is 39.3 Å². The number of fused-ring (bicyclic) bond motifs is 1. The number of carbonyl (C=O) groups excluding carboxylic acids is 1. The van der Waals surface area contributed by atoms with Gasteiger partial charge in [-0.1, -0.05) is 38.1 Å². The first-order chi connectivity index (χ1) is 15.4. The van der Waals surface area contributed by atoms with Crippen LogP contribution >= 0.6 is 0 Å². The Kier molecular flexibility index (Phi) is 6.65. The number of carbonyl (C=O) groups is 1. The lowest BCUT2D eigenvalue weighted by molar-refractivity contribution is 0.101. The van der Waals surface area contributed by atoms with E-state index >= 15 is 0 Å². The Bertz CT molecular complexity index is 1020. The van der Waals surface area contributed by atoms with Gasteiger partial charge in [0.2, 0.25) is 5.78 Å². The van der Waals surface area contributed by atoms with Crippen LogP contribution < -0.4 is 4.74 Å². The van der Waals surface area contributed by atoms with Crippen molar-refractivity contribution in [3.63, 3.8) is 0 Å². The van der Waals surface area contributed by atoms with Gasteiger partial charge in [0.1, 0.15) is 11.5 Å². The number of aromatic hydroxyl groups is 1. The van der Waals surface area contributed by atoms with Gasteiger partial charge in [-0.2, -0.15) is 0 Å². The number of rotatable bonds is 6. The molecule has 0 radical (unpaired) electrons. The fraction of sp³-hybridized carbons (Fsp3) is 0.423. The van der Waals surface area contributed by atoms with Gasteiger partial charge in [0.05, 0.1) is 17.7 Å². The minimum Gasteiger partial charge on any atom is -0.507 e. The molecule has 2 aromatic carbocycles. The van der Waals surface area contributed by atoms with Crippen LogP contribution in [0.25, 0.3) is 6.08 Å². The zero-order chi connectivity index (χ0) is 22.8. The highest BCUT2D eigenvalue weighted by molar-refractivity contribution is 6.15. The predicted molar refractivity (Wildman–Crippen MR) is 125 cm³/mol. The molecule has 170 valence electrons. The molecule has 0 unspecified atom stereocenters. The number of phenols is 1. The van der Waals surface area contributed by atoms with Crippen molar-refractivity contribution in [3.8, 4) is 11.5 Å². The van der Waals surface area contributed by atoms with Crippen LogP contribution in [0.4, 0.5) is 0 Å². The maximum atomic E-state index is 13.1. The average molecular weight is 437 g/mol. The molecule has 2 aromatic rings. The van der Waals surface area contributed by atoms with Gasteiger partial charge in [0.15, 0.2) is 5.76 Å². The van der Waals surface area contributed by atoms with Crippen LogP contribution in [0.3, 0.4) is 0 Å². The van der Waals surface area contributed by atoms with E-state index < -0.39 is 0 Å². The van der Waals surface area contributed by atoms with Gasteiger partial charge in [-0.15, -0.1) is 0 Å². The number of aryl methyl sites for hydroxylation is 1. The molecule has 6 nitrogen and oxygen atoms in total. The van der Waals surface area contributed by atoms with Crippen molar-refractivity contribution in [1.82, 2.24) is 9.80 Å². The van der Waals surface area contributed by atoms with Gasteiger partial charge in [-0.3, -0.25) is 14.6 Å². The van der Waals surface area contributed by atoms with E-state index in [0.29, 0.717) is 41.6 Å². The van der Waals surface area contributed by atoms with Crippen LogP contribution in [0, 0.1) is 6.92 Å². The topological polar surface area (TPSA) is 73.2 Å². The molecule has 0 spiro atoms.